The molecule has 0 rings (SSSR count). The minimum absolute atomic E-state index is 0. The van der Waals surface area contributed by atoms with Gasteiger partial charge in [-0.1, -0.05) is 0 Å². The van der Waals surface area contributed by atoms with Crippen LogP contribution >= 0.6 is 23.5 Å². The van der Waals surface area contributed by atoms with Gasteiger partial charge in [0.05, 0.1) is 25.2 Å². The molecule has 0 spiro atoms. The smallest absolute Gasteiger partial charge is 0.755 e. The summed E-state index contributed by atoms with van der Waals surface area (Å²) < 4.78 is 57.8. The van der Waals surface area contributed by atoms with Gasteiger partial charge in [-0.15, -0.1) is 0 Å². The number of hydrogen-bond acceptors (Lipinski definition) is 13. The summed E-state index contributed by atoms with van der Waals surface area (Å²) >= 11 is 0. The van der Waals surface area contributed by atoms with Crippen molar-refractivity contribution in [3.05, 3.63) is 0 Å². The standard InChI is InChI=1S/C6H18NO12P3.3K/c1-4-14-20(8,9)17-7(18-21(10,11)15-5-2)19-22(12,13)16-6-3;;;/h4-6H2,1-3H3,(H,8,9)(H,10,11)(H,12,13);;;/q;3*+1/p-3. The average Bonchev–Trinajstić information content (AvgIpc) is 2.25. The monoisotopic (exact) mass is 503 g/mol. The van der Waals surface area contributed by atoms with Gasteiger partial charge in [-0.25, -0.2) is 0 Å². The summed E-state index contributed by atoms with van der Waals surface area (Å²) in [5.41, 5.74) is 0. The van der Waals surface area contributed by atoms with Crippen molar-refractivity contribution in [2.45, 2.75) is 20.8 Å². The number of rotatable bonds is 12. The van der Waals surface area contributed by atoms with Crippen molar-refractivity contribution in [3.63, 3.8) is 0 Å². The summed E-state index contributed by atoms with van der Waals surface area (Å²) in [6, 6.07) is 0. The fraction of sp³-hybridized carbons (Fsp3) is 1.00. The molecule has 0 amide bonds. The van der Waals surface area contributed by atoms with Gasteiger partial charge in [0, 0.05) is 0 Å². The second-order valence-corrected chi connectivity index (χ2v) is 7.01. The molecule has 13 nitrogen and oxygen atoms in total. The molecule has 0 saturated carbocycles. The van der Waals surface area contributed by atoms with Crippen LogP contribution in [0.25, 0.3) is 0 Å². The van der Waals surface area contributed by atoms with Gasteiger partial charge in [0.2, 0.25) is 0 Å². The predicted octanol–water partition coefficient (Wildman–Crippen LogP) is -9.39. The van der Waals surface area contributed by atoms with Crippen LogP contribution in [0.2, 0.25) is 0 Å². The topological polar surface area (TPSA) is 179 Å². The van der Waals surface area contributed by atoms with Crippen LogP contribution in [0.1, 0.15) is 20.8 Å². The van der Waals surface area contributed by atoms with Crippen molar-refractivity contribution >= 4 is 23.5 Å². The second-order valence-electron chi connectivity index (χ2n) is 3.06. The Kier molecular flexibility index (Phi) is 28.1. The van der Waals surface area contributed by atoms with Crippen LogP contribution in [0, 0.1) is 0 Å². The number of nitrogens with zero attached hydrogens (tertiary/aromatic N) is 1. The molecule has 0 N–H and O–H groups in total. The summed E-state index contributed by atoms with van der Waals surface area (Å²) in [7, 11) is -15.5. The van der Waals surface area contributed by atoms with Crippen LogP contribution in [-0.4, -0.2) is 25.2 Å². The summed E-state index contributed by atoms with van der Waals surface area (Å²) in [6.07, 6.45) is 0. The maximum absolute atomic E-state index is 11.2. The normalized spacial score (nSPS) is 17.9. The van der Waals surface area contributed by atoms with E-state index in [-0.39, 0.29) is 174 Å². The zero-order chi connectivity index (χ0) is 17.4. The van der Waals surface area contributed by atoms with Crippen LogP contribution < -0.4 is 169 Å². The Bertz CT molecular complexity index is 416. The van der Waals surface area contributed by atoms with Crippen LogP contribution in [-0.2, 0) is 41.1 Å². The van der Waals surface area contributed by atoms with Crippen molar-refractivity contribution in [3.8, 4) is 0 Å². The Morgan fingerprint density at radius 3 is 1.00 bits per heavy atom. The zero-order valence-electron chi connectivity index (χ0n) is 14.8. The fourth-order valence-electron chi connectivity index (χ4n) is 0.835. The Morgan fingerprint density at radius 2 is 0.840 bits per heavy atom. The van der Waals surface area contributed by atoms with E-state index in [1.165, 1.54) is 20.8 Å². The Hall–Kier alpha value is 5.20. The van der Waals surface area contributed by atoms with Gasteiger partial charge >= 0.3 is 154 Å². The number of phosphoric acid groups is 3. The van der Waals surface area contributed by atoms with E-state index < -0.39 is 28.9 Å². The molecular formula is C6H15K3NO12P3. The van der Waals surface area contributed by atoms with Gasteiger partial charge in [0.25, 0.3) is 23.5 Å². The molecule has 3 unspecified atom stereocenters. The average molecular weight is 503 g/mol. The second kappa shape index (κ2) is 18.7. The van der Waals surface area contributed by atoms with Gasteiger partial charge in [-0.2, -0.15) is 13.9 Å². The minimum Gasteiger partial charge on any atom is -0.755 e. The van der Waals surface area contributed by atoms with Crippen molar-refractivity contribution in [2.75, 3.05) is 19.8 Å². The molecule has 0 aliphatic heterocycles. The van der Waals surface area contributed by atoms with Crippen molar-refractivity contribution in [1.29, 1.82) is 0 Å². The summed E-state index contributed by atoms with van der Waals surface area (Å²) in [4.78, 5) is 33.7. The first kappa shape index (κ1) is 37.5. The largest absolute Gasteiger partial charge is 1.00 e. The van der Waals surface area contributed by atoms with E-state index in [1.54, 1.807) is 0 Å². The van der Waals surface area contributed by atoms with Crippen molar-refractivity contribution in [1.82, 2.24) is 5.39 Å². The molecule has 0 radical (unpaired) electrons. The van der Waals surface area contributed by atoms with E-state index in [1.807, 2.05) is 0 Å². The van der Waals surface area contributed by atoms with Gasteiger partial charge in [0.1, 0.15) is 0 Å². The Morgan fingerprint density at radius 1 is 0.640 bits per heavy atom. The van der Waals surface area contributed by atoms with Crippen LogP contribution in [0.3, 0.4) is 0 Å². The number of hydrogen-bond donors (Lipinski definition) is 0. The molecular weight excluding hydrogens is 488 g/mol. The van der Waals surface area contributed by atoms with Gasteiger partial charge < -0.3 is 28.3 Å². The molecule has 0 aromatic carbocycles. The van der Waals surface area contributed by atoms with Crippen molar-refractivity contribution < 1.29 is 210 Å². The zero-order valence-corrected chi connectivity index (χ0v) is 26.9. The van der Waals surface area contributed by atoms with E-state index in [9.17, 15) is 28.4 Å². The predicted molar refractivity (Wildman–Crippen MR) is 62.8 cm³/mol. The first-order chi connectivity index (χ1) is 9.97. The summed E-state index contributed by atoms with van der Waals surface area (Å²) in [5, 5.41) is -0.823. The Labute approximate surface area is 273 Å². The molecule has 25 heavy (non-hydrogen) atoms. The van der Waals surface area contributed by atoms with E-state index >= 15 is 0 Å². The molecule has 0 aromatic rings. The molecule has 0 aliphatic carbocycles. The number of phosphoric ester groups is 3. The molecule has 0 saturated heterocycles. The molecule has 0 bridgehead atoms. The summed E-state index contributed by atoms with van der Waals surface area (Å²) in [6.45, 7) is 2.69. The maximum atomic E-state index is 11.2. The molecule has 0 fully saturated rings. The first-order valence-corrected chi connectivity index (χ1v) is 10.1. The first-order valence-electron chi connectivity index (χ1n) is 5.73. The molecule has 134 valence electrons. The molecule has 0 aliphatic rings. The maximum Gasteiger partial charge on any atom is 1.00 e. The van der Waals surface area contributed by atoms with Gasteiger partial charge in [-0.05, 0) is 20.8 Å². The molecule has 3 atom stereocenters. The van der Waals surface area contributed by atoms with E-state index in [2.05, 4.69) is 27.4 Å². The quantitative estimate of drug-likeness (QED) is 0.139. The molecule has 0 heterocycles. The summed E-state index contributed by atoms with van der Waals surface area (Å²) in [5.74, 6) is 0. The van der Waals surface area contributed by atoms with E-state index in [4.69, 9.17) is 0 Å². The van der Waals surface area contributed by atoms with E-state index in [0.717, 1.165) is 0 Å². The van der Waals surface area contributed by atoms with Crippen molar-refractivity contribution in [2.24, 2.45) is 0 Å². The van der Waals surface area contributed by atoms with Crippen LogP contribution in [0.4, 0.5) is 0 Å². The van der Waals surface area contributed by atoms with Gasteiger partial charge in [-0.3, -0.25) is 13.7 Å². The van der Waals surface area contributed by atoms with Gasteiger partial charge in [0.15, 0.2) is 0 Å². The Balaban J connectivity index is -0.000000735. The SMILES string of the molecule is CCOP(=O)([O-])ON(OP(=O)([O-])OCC)OP(=O)([O-])OCC.[K+].[K+].[K+]. The van der Waals surface area contributed by atoms with Crippen LogP contribution in [0.5, 0.6) is 0 Å². The van der Waals surface area contributed by atoms with Crippen LogP contribution in [0.15, 0.2) is 0 Å². The third-order valence-corrected chi connectivity index (χ3v) is 4.08. The fourth-order valence-corrected chi connectivity index (χ4v) is 2.77. The molecule has 0 aromatic heterocycles. The minimum atomic E-state index is -5.16. The third-order valence-electron chi connectivity index (χ3n) is 1.36. The molecule has 19 heteroatoms. The third kappa shape index (κ3) is 20.8. The van der Waals surface area contributed by atoms with E-state index in [0.29, 0.717) is 0 Å².